The first kappa shape index (κ1) is 14.7. The van der Waals surface area contributed by atoms with Crippen molar-refractivity contribution in [1.82, 2.24) is 5.32 Å². The molecule has 0 unspecified atom stereocenters. The Morgan fingerprint density at radius 2 is 2.06 bits per heavy atom. The Bertz CT molecular complexity index is 353. The number of rotatable bonds is 4. The molecule has 0 bridgehead atoms. The van der Waals surface area contributed by atoms with E-state index in [9.17, 15) is 9.59 Å². The van der Waals surface area contributed by atoms with Gasteiger partial charge in [-0.3, -0.25) is 4.79 Å². The third kappa shape index (κ3) is 4.51. The van der Waals surface area contributed by atoms with Crippen LogP contribution in [-0.2, 0) is 9.59 Å². The van der Waals surface area contributed by atoms with Gasteiger partial charge in [0.1, 0.15) is 6.04 Å². The standard InChI is InChI=1S/C14H23NO3/c1-14(2,3)12(13(17)18)15-11(16)9-10-7-5-4-6-8-10/h7,12H,4-6,8-9H2,1-3H3,(H,15,16)(H,17,18)/t12-/m1/s1. The molecule has 0 fully saturated rings. The highest BCUT2D eigenvalue weighted by atomic mass is 16.4. The van der Waals surface area contributed by atoms with Crippen LogP contribution in [0.1, 0.15) is 52.9 Å². The molecule has 0 radical (unpaired) electrons. The maximum absolute atomic E-state index is 11.9. The van der Waals surface area contributed by atoms with Gasteiger partial charge in [-0.1, -0.05) is 32.4 Å². The molecule has 0 spiro atoms. The molecule has 18 heavy (non-hydrogen) atoms. The average Bonchev–Trinajstić information content (AvgIpc) is 2.25. The fourth-order valence-corrected chi connectivity index (χ4v) is 2.13. The number of carbonyl (C=O) groups excluding carboxylic acids is 1. The van der Waals surface area contributed by atoms with Gasteiger partial charge in [0, 0.05) is 6.42 Å². The van der Waals surface area contributed by atoms with Crippen LogP contribution >= 0.6 is 0 Å². The molecule has 0 heterocycles. The fourth-order valence-electron chi connectivity index (χ4n) is 2.13. The van der Waals surface area contributed by atoms with Gasteiger partial charge >= 0.3 is 5.97 Å². The van der Waals surface area contributed by atoms with E-state index >= 15 is 0 Å². The molecular weight excluding hydrogens is 230 g/mol. The lowest BCUT2D eigenvalue weighted by molar-refractivity contribution is -0.144. The summed E-state index contributed by atoms with van der Waals surface area (Å²) in [5.41, 5.74) is 0.652. The van der Waals surface area contributed by atoms with Crippen molar-refractivity contribution in [3.05, 3.63) is 11.6 Å². The van der Waals surface area contributed by atoms with Gasteiger partial charge < -0.3 is 10.4 Å². The summed E-state index contributed by atoms with van der Waals surface area (Å²) < 4.78 is 0. The van der Waals surface area contributed by atoms with Gasteiger partial charge in [-0.05, 0) is 31.1 Å². The van der Waals surface area contributed by atoms with Crippen LogP contribution in [0, 0.1) is 5.41 Å². The summed E-state index contributed by atoms with van der Waals surface area (Å²) >= 11 is 0. The third-order valence-corrected chi connectivity index (χ3v) is 3.19. The summed E-state index contributed by atoms with van der Waals surface area (Å²) in [5, 5.41) is 11.8. The van der Waals surface area contributed by atoms with Crippen molar-refractivity contribution in [1.29, 1.82) is 0 Å². The van der Waals surface area contributed by atoms with Crippen molar-refractivity contribution in [2.75, 3.05) is 0 Å². The Labute approximate surface area is 108 Å². The van der Waals surface area contributed by atoms with Gasteiger partial charge in [0.2, 0.25) is 5.91 Å². The maximum atomic E-state index is 11.9. The van der Waals surface area contributed by atoms with Crippen LogP contribution in [0.25, 0.3) is 0 Å². The molecule has 0 aromatic rings. The molecule has 2 N–H and O–H groups in total. The van der Waals surface area contributed by atoms with E-state index in [-0.39, 0.29) is 5.91 Å². The van der Waals surface area contributed by atoms with Crippen LogP contribution in [0.3, 0.4) is 0 Å². The average molecular weight is 253 g/mol. The van der Waals surface area contributed by atoms with E-state index in [1.165, 1.54) is 6.42 Å². The number of carboxylic acid groups (broad SMARTS) is 1. The van der Waals surface area contributed by atoms with E-state index in [2.05, 4.69) is 11.4 Å². The number of carboxylic acids is 1. The zero-order valence-corrected chi connectivity index (χ0v) is 11.5. The summed E-state index contributed by atoms with van der Waals surface area (Å²) in [5.74, 6) is -1.17. The van der Waals surface area contributed by atoms with E-state index < -0.39 is 17.4 Å². The largest absolute Gasteiger partial charge is 0.480 e. The highest BCUT2D eigenvalue weighted by Gasteiger charge is 2.32. The van der Waals surface area contributed by atoms with E-state index in [4.69, 9.17) is 5.11 Å². The second-order valence-electron chi connectivity index (χ2n) is 5.99. The van der Waals surface area contributed by atoms with E-state index in [0.717, 1.165) is 24.8 Å². The van der Waals surface area contributed by atoms with Crippen molar-refractivity contribution in [2.24, 2.45) is 5.41 Å². The van der Waals surface area contributed by atoms with E-state index in [1.807, 2.05) is 20.8 Å². The lowest BCUT2D eigenvalue weighted by Gasteiger charge is -2.28. The second kappa shape index (κ2) is 6.03. The number of hydrogen-bond donors (Lipinski definition) is 2. The van der Waals surface area contributed by atoms with E-state index in [0.29, 0.717) is 6.42 Å². The normalized spacial score (nSPS) is 17.8. The Morgan fingerprint density at radius 3 is 2.50 bits per heavy atom. The molecule has 0 saturated heterocycles. The minimum atomic E-state index is -0.978. The molecule has 1 aliphatic carbocycles. The first-order chi connectivity index (χ1) is 8.30. The molecule has 1 aliphatic rings. The number of amides is 1. The van der Waals surface area contributed by atoms with Gasteiger partial charge in [-0.15, -0.1) is 0 Å². The van der Waals surface area contributed by atoms with Crippen molar-refractivity contribution in [3.63, 3.8) is 0 Å². The number of carbonyl (C=O) groups is 2. The highest BCUT2D eigenvalue weighted by molar-refractivity contribution is 5.85. The first-order valence-electron chi connectivity index (χ1n) is 6.51. The topological polar surface area (TPSA) is 66.4 Å². The minimum absolute atomic E-state index is 0.189. The predicted octanol–water partition coefficient (Wildman–Crippen LogP) is 2.49. The lowest BCUT2D eigenvalue weighted by Crippen LogP contribution is -2.49. The van der Waals surface area contributed by atoms with Crippen LogP contribution in [0.4, 0.5) is 0 Å². The zero-order valence-electron chi connectivity index (χ0n) is 11.5. The summed E-state index contributed by atoms with van der Waals surface area (Å²) in [6.07, 6.45) is 6.74. The van der Waals surface area contributed by atoms with Gasteiger partial charge in [0.15, 0.2) is 0 Å². The number of nitrogens with one attached hydrogen (secondary N) is 1. The SMILES string of the molecule is CC(C)(C)[C@H](NC(=O)CC1=CCCCC1)C(=O)O. The van der Waals surface area contributed by atoms with Gasteiger partial charge in [0.25, 0.3) is 0 Å². The van der Waals surface area contributed by atoms with Crippen LogP contribution in [-0.4, -0.2) is 23.0 Å². The van der Waals surface area contributed by atoms with E-state index in [1.54, 1.807) is 0 Å². The fraction of sp³-hybridized carbons (Fsp3) is 0.714. The van der Waals surface area contributed by atoms with Gasteiger partial charge in [-0.25, -0.2) is 4.79 Å². The highest BCUT2D eigenvalue weighted by Crippen LogP contribution is 2.22. The molecule has 4 nitrogen and oxygen atoms in total. The van der Waals surface area contributed by atoms with Crippen LogP contribution < -0.4 is 5.32 Å². The second-order valence-corrected chi connectivity index (χ2v) is 5.99. The van der Waals surface area contributed by atoms with Crippen LogP contribution in [0.2, 0.25) is 0 Å². The minimum Gasteiger partial charge on any atom is -0.480 e. The van der Waals surface area contributed by atoms with Gasteiger partial charge in [0.05, 0.1) is 0 Å². The molecule has 4 heteroatoms. The van der Waals surface area contributed by atoms with Crippen molar-refractivity contribution in [3.8, 4) is 0 Å². The van der Waals surface area contributed by atoms with Crippen molar-refractivity contribution < 1.29 is 14.7 Å². The zero-order chi connectivity index (χ0) is 13.8. The summed E-state index contributed by atoms with van der Waals surface area (Å²) in [7, 11) is 0. The maximum Gasteiger partial charge on any atom is 0.326 e. The Balaban J connectivity index is 2.56. The molecule has 0 saturated carbocycles. The number of aliphatic carboxylic acids is 1. The molecule has 1 rings (SSSR count). The summed E-state index contributed by atoms with van der Waals surface area (Å²) in [6.45, 7) is 5.43. The molecule has 102 valence electrons. The monoisotopic (exact) mass is 253 g/mol. The quantitative estimate of drug-likeness (QED) is 0.756. The summed E-state index contributed by atoms with van der Waals surface area (Å²) in [4.78, 5) is 23.0. The Hall–Kier alpha value is -1.32. The molecule has 1 atom stereocenters. The lowest BCUT2D eigenvalue weighted by atomic mass is 9.86. The molecule has 0 aromatic heterocycles. The van der Waals surface area contributed by atoms with Crippen molar-refractivity contribution in [2.45, 2.75) is 58.9 Å². The van der Waals surface area contributed by atoms with Gasteiger partial charge in [-0.2, -0.15) is 0 Å². The van der Waals surface area contributed by atoms with Crippen molar-refractivity contribution >= 4 is 11.9 Å². The predicted molar refractivity (Wildman–Crippen MR) is 70.2 cm³/mol. The van der Waals surface area contributed by atoms with Crippen LogP contribution in [0.5, 0.6) is 0 Å². The third-order valence-electron chi connectivity index (χ3n) is 3.19. The number of allylic oxidation sites excluding steroid dienone is 1. The van der Waals surface area contributed by atoms with Crippen LogP contribution in [0.15, 0.2) is 11.6 Å². The number of hydrogen-bond acceptors (Lipinski definition) is 2. The molecule has 0 aromatic carbocycles. The smallest absolute Gasteiger partial charge is 0.326 e. The first-order valence-corrected chi connectivity index (χ1v) is 6.51. The summed E-state index contributed by atoms with van der Waals surface area (Å²) in [6, 6.07) is -0.839. The molecule has 0 aliphatic heterocycles. The Kier molecular flexibility index (Phi) is 4.93. The Morgan fingerprint density at radius 1 is 1.39 bits per heavy atom. The molecular formula is C14H23NO3. The molecule has 1 amide bonds.